The van der Waals surface area contributed by atoms with E-state index < -0.39 is 20.6 Å². The Labute approximate surface area is 229 Å². The molecule has 9 nitrogen and oxygen atoms in total. The van der Waals surface area contributed by atoms with Gasteiger partial charge in [0.1, 0.15) is 12.5 Å². The zero-order chi connectivity index (χ0) is 27.6. The van der Waals surface area contributed by atoms with Gasteiger partial charge in [0.05, 0.1) is 23.8 Å². The Kier molecular flexibility index (Phi) is 8.00. The number of alkyl halides is 2. The Balaban J connectivity index is 1.51. The molecule has 0 unspecified atom stereocenters. The summed E-state index contributed by atoms with van der Waals surface area (Å²) in [4.78, 5) is 18.5. The van der Waals surface area contributed by atoms with E-state index in [-0.39, 0.29) is 18.2 Å². The standard InChI is InChI=1S/C26H30F2N6O3SSi/c1-39(2,3)12-11-36-16-33-24(19-13-18(38-17-6-7-17)8-9-22(19)37-26(27)28)20(14-31-33)32-25(35)21-15-29-23-5-4-10-30-34(21)23/h4-5,8-10,13-15,17,26H,6-7,11-12,16H2,1-3H3,(H,32,35). The Bertz CT molecular complexity index is 1470. The highest BCUT2D eigenvalue weighted by Crippen LogP contribution is 2.43. The largest absolute Gasteiger partial charge is 0.434 e. The van der Waals surface area contributed by atoms with Gasteiger partial charge in [-0.05, 0) is 49.2 Å². The number of hydrogen-bond donors (Lipinski definition) is 1. The minimum atomic E-state index is -3.02. The first kappa shape index (κ1) is 27.3. The molecule has 3 heterocycles. The van der Waals surface area contributed by atoms with E-state index in [0.717, 1.165) is 23.8 Å². The Hall–Kier alpha value is -3.29. The van der Waals surface area contributed by atoms with Crippen LogP contribution in [0.2, 0.25) is 25.7 Å². The topological polar surface area (TPSA) is 95.6 Å². The van der Waals surface area contributed by atoms with Crippen LogP contribution in [0, 0.1) is 0 Å². The van der Waals surface area contributed by atoms with Gasteiger partial charge in [-0.15, -0.1) is 11.8 Å². The molecule has 3 aromatic heterocycles. The van der Waals surface area contributed by atoms with Crippen molar-refractivity contribution in [2.75, 3.05) is 11.9 Å². The van der Waals surface area contributed by atoms with E-state index in [4.69, 9.17) is 9.47 Å². The van der Waals surface area contributed by atoms with Gasteiger partial charge < -0.3 is 14.8 Å². The number of hydrogen-bond acceptors (Lipinski definition) is 7. The molecule has 1 saturated carbocycles. The SMILES string of the molecule is C[Si](C)(C)CCOCn1ncc(NC(=O)c2cnc3cccnn23)c1-c1cc(SC2CC2)ccc1OC(F)F. The molecule has 0 spiro atoms. The van der Waals surface area contributed by atoms with Crippen LogP contribution in [-0.4, -0.2) is 56.8 Å². The van der Waals surface area contributed by atoms with Crippen molar-refractivity contribution in [3.8, 4) is 17.0 Å². The summed E-state index contributed by atoms with van der Waals surface area (Å²) in [6.07, 6.45) is 6.71. The van der Waals surface area contributed by atoms with E-state index in [1.807, 2.05) is 6.07 Å². The maximum atomic E-state index is 13.4. The highest BCUT2D eigenvalue weighted by atomic mass is 32.2. The third-order valence-electron chi connectivity index (χ3n) is 6.06. The number of nitrogens with zero attached hydrogens (tertiary/aromatic N) is 5. The lowest BCUT2D eigenvalue weighted by molar-refractivity contribution is -0.0495. The number of benzene rings is 1. The molecule has 0 atom stereocenters. The summed E-state index contributed by atoms with van der Waals surface area (Å²) in [7, 11) is -1.32. The predicted octanol–water partition coefficient (Wildman–Crippen LogP) is 6.01. The number of anilines is 1. The van der Waals surface area contributed by atoms with Crippen molar-refractivity contribution in [2.24, 2.45) is 0 Å². The van der Waals surface area contributed by atoms with E-state index in [1.165, 1.54) is 23.0 Å². The first-order valence-corrected chi connectivity index (χ1v) is 17.3. The third kappa shape index (κ3) is 6.83. The van der Waals surface area contributed by atoms with Crippen LogP contribution in [0.1, 0.15) is 23.3 Å². The van der Waals surface area contributed by atoms with Gasteiger partial charge >= 0.3 is 6.61 Å². The van der Waals surface area contributed by atoms with Crippen LogP contribution in [0.5, 0.6) is 5.75 Å². The molecule has 1 aromatic carbocycles. The second-order valence-corrected chi connectivity index (χ2v) is 17.5. The van der Waals surface area contributed by atoms with Crippen LogP contribution < -0.4 is 10.1 Å². The number of carbonyl (C=O) groups is 1. The van der Waals surface area contributed by atoms with Gasteiger partial charge in [-0.25, -0.2) is 14.2 Å². The normalized spacial score (nSPS) is 13.8. The number of ether oxygens (including phenoxy) is 2. The van der Waals surface area contributed by atoms with Crippen LogP contribution in [-0.2, 0) is 11.5 Å². The van der Waals surface area contributed by atoms with Gasteiger partial charge in [-0.1, -0.05) is 19.6 Å². The molecule has 39 heavy (non-hydrogen) atoms. The van der Waals surface area contributed by atoms with Gasteiger partial charge in [0.25, 0.3) is 5.91 Å². The van der Waals surface area contributed by atoms with Crippen molar-refractivity contribution in [3.05, 3.63) is 54.6 Å². The summed E-state index contributed by atoms with van der Waals surface area (Å²) in [5.74, 6) is -0.484. The van der Waals surface area contributed by atoms with Crippen molar-refractivity contribution >= 4 is 37.1 Å². The smallest absolute Gasteiger partial charge is 0.387 e. The molecule has 1 N–H and O–H groups in total. The van der Waals surface area contributed by atoms with E-state index in [2.05, 4.69) is 40.1 Å². The van der Waals surface area contributed by atoms with Crippen molar-refractivity contribution in [1.82, 2.24) is 24.4 Å². The van der Waals surface area contributed by atoms with Crippen molar-refractivity contribution in [2.45, 2.75) is 62.0 Å². The summed E-state index contributed by atoms with van der Waals surface area (Å²) < 4.78 is 40.7. The highest BCUT2D eigenvalue weighted by molar-refractivity contribution is 8.00. The number of fused-ring (bicyclic) bond motifs is 1. The molecule has 1 fully saturated rings. The Morgan fingerprint density at radius 2 is 2.03 bits per heavy atom. The maximum absolute atomic E-state index is 13.4. The average molecular weight is 573 g/mol. The molecule has 0 saturated heterocycles. The summed E-state index contributed by atoms with van der Waals surface area (Å²) in [5.41, 5.74) is 1.86. The van der Waals surface area contributed by atoms with Crippen LogP contribution in [0.3, 0.4) is 0 Å². The van der Waals surface area contributed by atoms with Crippen LogP contribution in [0.25, 0.3) is 16.9 Å². The van der Waals surface area contributed by atoms with Gasteiger partial charge in [0.15, 0.2) is 11.3 Å². The first-order chi connectivity index (χ1) is 18.7. The molecule has 13 heteroatoms. The minimum Gasteiger partial charge on any atom is -0.434 e. The van der Waals surface area contributed by atoms with Gasteiger partial charge in [-0.3, -0.25) is 4.79 Å². The fourth-order valence-electron chi connectivity index (χ4n) is 3.90. The fraction of sp³-hybridized carbons (Fsp3) is 0.385. The number of aromatic nitrogens is 5. The van der Waals surface area contributed by atoms with Crippen LogP contribution in [0.4, 0.5) is 14.5 Å². The van der Waals surface area contributed by atoms with Gasteiger partial charge in [-0.2, -0.15) is 19.0 Å². The third-order valence-corrected chi connectivity index (χ3v) is 9.09. The van der Waals surface area contributed by atoms with Crippen LogP contribution >= 0.6 is 11.8 Å². The highest BCUT2D eigenvalue weighted by Gasteiger charge is 2.26. The van der Waals surface area contributed by atoms with E-state index in [1.54, 1.807) is 40.8 Å². The molecule has 1 aliphatic carbocycles. The lowest BCUT2D eigenvalue weighted by atomic mass is 10.1. The predicted molar refractivity (Wildman–Crippen MR) is 148 cm³/mol. The maximum Gasteiger partial charge on any atom is 0.387 e. The van der Waals surface area contributed by atoms with E-state index in [0.29, 0.717) is 34.4 Å². The fourth-order valence-corrected chi connectivity index (χ4v) is 5.75. The van der Waals surface area contributed by atoms with Crippen molar-refractivity contribution in [3.63, 3.8) is 0 Å². The van der Waals surface area contributed by atoms with E-state index in [9.17, 15) is 13.6 Å². The molecular formula is C26H30F2N6O3SSi. The lowest BCUT2D eigenvalue weighted by Crippen LogP contribution is -2.22. The Morgan fingerprint density at radius 1 is 1.21 bits per heavy atom. The summed E-state index contributed by atoms with van der Waals surface area (Å²) in [6.45, 7) is 4.39. The number of nitrogens with one attached hydrogen (secondary N) is 1. The first-order valence-electron chi connectivity index (χ1n) is 12.7. The molecule has 5 rings (SSSR count). The minimum absolute atomic E-state index is 0.0130. The molecule has 206 valence electrons. The molecule has 0 aliphatic heterocycles. The molecular weight excluding hydrogens is 542 g/mol. The summed E-state index contributed by atoms with van der Waals surface area (Å²) in [6, 6.07) is 9.55. The van der Waals surface area contributed by atoms with Gasteiger partial charge in [0.2, 0.25) is 0 Å². The number of amides is 1. The van der Waals surface area contributed by atoms with Crippen molar-refractivity contribution < 1.29 is 23.0 Å². The lowest BCUT2D eigenvalue weighted by Gasteiger charge is -2.18. The van der Waals surface area contributed by atoms with Gasteiger partial charge in [0, 0.05) is 36.6 Å². The van der Waals surface area contributed by atoms with E-state index >= 15 is 0 Å². The number of thioether (sulfide) groups is 1. The van der Waals surface area contributed by atoms with Crippen molar-refractivity contribution in [1.29, 1.82) is 0 Å². The van der Waals surface area contributed by atoms with Crippen LogP contribution in [0.15, 0.2) is 53.8 Å². The number of halogens is 2. The second-order valence-electron chi connectivity index (χ2n) is 10.5. The monoisotopic (exact) mass is 572 g/mol. The number of imidazole rings is 1. The molecule has 0 radical (unpaired) electrons. The molecule has 0 bridgehead atoms. The second kappa shape index (κ2) is 11.4. The number of carbonyl (C=O) groups excluding carboxylic acids is 1. The summed E-state index contributed by atoms with van der Waals surface area (Å²) >= 11 is 1.69. The Morgan fingerprint density at radius 3 is 2.77 bits per heavy atom. The molecule has 1 aliphatic rings. The average Bonchev–Trinajstić information content (AvgIpc) is 3.44. The zero-order valence-corrected chi connectivity index (χ0v) is 23.8. The molecule has 4 aromatic rings. The zero-order valence-electron chi connectivity index (χ0n) is 21.9. The quantitative estimate of drug-likeness (QED) is 0.164. The number of rotatable bonds is 12. The summed E-state index contributed by atoms with van der Waals surface area (Å²) in [5, 5.41) is 12.0. The molecule has 1 amide bonds.